The molecule has 0 aliphatic heterocycles. The van der Waals surface area contributed by atoms with E-state index < -0.39 is 6.09 Å². The maximum atomic E-state index is 8.78. The highest BCUT2D eigenvalue weighted by Gasteiger charge is 1.94. The number of hydrogen-bond acceptors (Lipinski definition) is 3. The normalized spacial score (nSPS) is 9.40. The maximum Gasteiger partial charge on any atom is 0.402 e. The number of hydrogen-bond donors (Lipinski definition) is 2. The van der Waals surface area contributed by atoms with E-state index in [1.807, 2.05) is 21.6 Å². The van der Waals surface area contributed by atoms with Gasteiger partial charge in [-0.1, -0.05) is 82.3 Å². The van der Waals surface area contributed by atoms with E-state index in [0.717, 1.165) is 11.5 Å². The lowest BCUT2D eigenvalue weighted by Crippen LogP contribution is -2.03. The Morgan fingerprint density at radius 2 is 1.15 bits per heavy atom. The summed E-state index contributed by atoms with van der Waals surface area (Å²) in [6.07, 6.45) is -1.33. The number of primary amides is 1. The van der Waals surface area contributed by atoms with Gasteiger partial charge in [0.2, 0.25) is 0 Å². The van der Waals surface area contributed by atoms with Crippen LogP contribution in [0.5, 0.6) is 0 Å². The molecular formula is C15H17NO2S2. The Balaban J connectivity index is 0.000000444. The van der Waals surface area contributed by atoms with Crippen LogP contribution in [0.2, 0.25) is 0 Å². The lowest BCUT2D eigenvalue weighted by Gasteiger charge is -2.01. The van der Waals surface area contributed by atoms with Crippen LogP contribution < -0.4 is 5.73 Å². The first-order valence-corrected chi connectivity index (χ1v) is 8.48. The molecule has 0 aliphatic carbocycles. The molecule has 1 amide bonds. The first-order chi connectivity index (χ1) is 9.68. The Labute approximate surface area is 127 Å². The third-order valence-corrected chi connectivity index (χ3v) is 4.50. The third-order valence-electron chi connectivity index (χ3n) is 2.22. The summed E-state index contributed by atoms with van der Waals surface area (Å²) in [6, 6.07) is 21.2. The van der Waals surface area contributed by atoms with Crippen molar-refractivity contribution in [3.05, 3.63) is 71.8 Å². The Morgan fingerprint density at radius 3 is 1.45 bits per heavy atom. The van der Waals surface area contributed by atoms with Gasteiger partial charge in [-0.2, -0.15) is 0 Å². The minimum Gasteiger partial charge on any atom is -0.465 e. The largest absolute Gasteiger partial charge is 0.465 e. The van der Waals surface area contributed by atoms with E-state index in [-0.39, 0.29) is 0 Å². The molecular weight excluding hydrogens is 290 g/mol. The van der Waals surface area contributed by atoms with Crippen LogP contribution in [-0.4, -0.2) is 11.2 Å². The van der Waals surface area contributed by atoms with Gasteiger partial charge >= 0.3 is 6.09 Å². The molecule has 0 unspecified atom stereocenters. The zero-order chi connectivity index (χ0) is 14.6. The second-order valence-corrected chi connectivity index (χ2v) is 6.30. The van der Waals surface area contributed by atoms with Crippen molar-refractivity contribution in [2.24, 2.45) is 5.73 Å². The van der Waals surface area contributed by atoms with Gasteiger partial charge in [-0.15, -0.1) is 0 Å². The van der Waals surface area contributed by atoms with Crippen molar-refractivity contribution in [3.8, 4) is 0 Å². The molecule has 3 N–H and O–H groups in total. The van der Waals surface area contributed by atoms with E-state index in [1.165, 1.54) is 11.1 Å². The molecule has 0 atom stereocenters. The maximum absolute atomic E-state index is 8.78. The van der Waals surface area contributed by atoms with Crippen LogP contribution in [0, 0.1) is 0 Å². The van der Waals surface area contributed by atoms with Crippen LogP contribution >= 0.6 is 21.6 Å². The quantitative estimate of drug-likeness (QED) is 0.635. The predicted molar refractivity (Wildman–Crippen MR) is 87.7 cm³/mol. The Kier molecular flexibility index (Phi) is 8.42. The van der Waals surface area contributed by atoms with Gasteiger partial charge in [-0.3, -0.25) is 0 Å². The molecule has 0 bridgehead atoms. The molecule has 5 heteroatoms. The second kappa shape index (κ2) is 10.2. The van der Waals surface area contributed by atoms with Gasteiger partial charge in [0.25, 0.3) is 0 Å². The fourth-order valence-electron chi connectivity index (χ4n) is 1.37. The van der Waals surface area contributed by atoms with Gasteiger partial charge in [0.15, 0.2) is 0 Å². The fraction of sp³-hybridized carbons (Fsp3) is 0.133. The third kappa shape index (κ3) is 8.50. The van der Waals surface area contributed by atoms with Crippen LogP contribution in [0.15, 0.2) is 60.7 Å². The number of carboxylic acid groups (broad SMARTS) is 1. The summed E-state index contributed by atoms with van der Waals surface area (Å²) in [5, 5.41) is 7.19. The van der Waals surface area contributed by atoms with Gasteiger partial charge < -0.3 is 10.8 Å². The molecule has 0 heterocycles. The number of nitrogens with two attached hydrogens (primary N) is 1. The Hall–Kier alpha value is -1.59. The summed E-state index contributed by atoms with van der Waals surface area (Å²) in [4.78, 5) is 8.78. The molecule has 3 nitrogen and oxygen atoms in total. The van der Waals surface area contributed by atoms with Crippen molar-refractivity contribution >= 4 is 27.7 Å². The highest BCUT2D eigenvalue weighted by molar-refractivity contribution is 8.76. The standard InChI is InChI=1S/C14H14S2.CH3NO2/c1-3-7-13(8-4-1)11-15-16-12-14-9-5-2-6-10-14;2-1(3)4/h1-10H,11-12H2;2H2,(H,3,4). The van der Waals surface area contributed by atoms with Crippen LogP contribution in [0.3, 0.4) is 0 Å². The van der Waals surface area contributed by atoms with Crippen molar-refractivity contribution in [2.45, 2.75) is 11.5 Å². The molecule has 2 aromatic rings. The van der Waals surface area contributed by atoms with E-state index in [1.54, 1.807) is 0 Å². The zero-order valence-electron chi connectivity index (χ0n) is 10.9. The van der Waals surface area contributed by atoms with Gasteiger partial charge in [-0.05, 0) is 11.1 Å². The summed E-state index contributed by atoms with van der Waals surface area (Å²) in [5.41, 5.74) is 6.82. The van der Waals surface area contributed by atoms with E-state index in [2.05, 4.69) is 66.4 Å². The molecule has 2 aromatic carbocycles. The van der Waals surface area contributed by atoms with Gasteiger partial charge in [-0.25, -0.2) is 4.79 Å². The molecule has 0 saturated heterocycles. The summed E-state index contributed by atoms with van der Waals surface area (Å²) in [7, 11) is 3.84. The topological polar surface area (TPSA) is 63.3 Å². The average molecular weight is 307 g/mol. The summed E-state index contributed by atoms with van der Waals surface area (Å²) in [6.45, 7) is 0. The lowest BCUT2D eigenvalue weighted by molar-refractivity contribution is 0.205. The highest BCUT2D eigenvalue weighted by Crippen LogP contribution is 2.29. The van der Waals surface area contributed by atoms with Crippen molar-refractivity contribution < 1.29 is 9.90 Å². The van der Waals surface area contributed by atoms with Crippen LogP contribution in [0.25, 0.3) is 0 Å². The molecule has 0 aliphatic rings. The summed E-state index contributed by atoms with van der Waals surface area (Å²) < 4.78 is 0. The number of rotatable bonds is 5. The zero-order valence-corrected chi connectivity index (χ0v) is 12.6. The minimum atomic E-state index is -1.33. The summed E-state index contributed by atoms with van der Waals surface area (Å²) >= 11 is 0. The van der Waals surface area contributed by atoms with E-state index in [0.29, 0.717) is 0 Å². The predicted octanol–water partition coefficient (Wildman–Crippen LogP) is 4.39. The Morgan fingerprint density at radius 1 is 0.850 bits per heavy atom. The van der Waals surface area contributed by atoms with Crippen LogP contribution in [0.1, 0.15) is 11.1 Å². The van der Waals surface area contributed by atoms with Crippen molar-refractivity contribution in [2.75, 3.05) is 0 Å². The monoisotopic (exact) mass is 307 g/mol. The summed E-state index contributed by atoms with van der Waals surface area (Å²) in [5.74, 6) is 2.16. The smallest absolute Gasteiger partial charge is 0.402 e. The molecule has 106 valence electrons. The van der Waals surface area contributed by atoms with Crippen LogP contribution in [-0.2, 0) is 11.5 Å². The molecule has 0 aromatic heterocycles. The first kappa shape index (κ1) is 16.5. The minimum absolute atomic E-state index is 1.08. The highest BCUT2D eigenvalue weighted by atomic mass is 33.1. The van der Waals surface area contributed by atoms with Crippen molar-refractivity contribution in [1.29, 1.82) is 0 Å². The molecule has 0 fully saturated rings. The van der Waals surface area contributed by atoms with Gasteiger partial charge in [0.1, 0.15) is 0 Å². The molecule has 0 saturated carbocycles. The van der Waals surface area contributed by atoms with E-state index in [9.17, 15) is 0 Å². The molecule has 2 rings (SSSR count). The van der Waals surface area contributed by atoms with E-state index >= 15 is 0 Å². The van der Waals surface area contributed by atoms with Gasteiger partial charge in [0.05, 0.1) is 0 Å². The molecule has 20 heavy (non-hydrogen) atoms. The van der Waals surface area contributed by atoms with Crippen LogP contribution in [0.4, 0.5) is 4.79 Å². The first-order valence-electron chi connectivity index (χ1n) is 5.99. The average Bonchev–Trinajstić information content (AvgIpc) is 2.45. The number of benzene rings is 2. The second-order valence-electron chi connectivity index (χ2n) is 3.83. The lowest BCUT2D eigenvalue weighted by atomic mass is 10.2. The molecule has 0 radical (unpaired) electrons. The SMILES string of the molecule is NC(=O)O.c1ccc(CSSCc2ccccc2)cc1. The number of carbonyl (C=O) groups is 1. The molecule has 0 spiro atoms. The van der Waals surface area contributed by atoms with Crippen molar-refractivity contribution in [3.63, 3.8) is 0 Å². The van der Waals surface area contributed by atoms with E-state index in [4.69, 9.17) is 9.90 Å². The fourth-order valence-corrected chi connectivity index (χ4v) is 3.51. The van der Waals surface area contributed by atoms with Gasteiger partial charge in [0, 0.05) is 11.5 Å². The van der Waals surface area contributed by atoms with Crippen molar-refractivity contribution in [1.82, 2.24) is 0 Å². The Bertz CT molecular complexity index is 446. The number of amides is 1.